The highest BCUT2D eigenvalue weighted by molar-refractivity contribution is 7.89. The highest BCUT2D eigenvalue weighted by atomic mass is 32.2. The fourth-order valence-electron chi connectivity index (χ4n) is 1.56. The molecule has 0 aliphatic carbocycles. The molecule has 7 heteroatoms. The van der Waals surface area contributed by atoms with Crippen LogP contribution in [0.5, 0.6) is 0 Å². The first-order valence-corrected chi connectivity index (χ1v) is 8.10. The molecule has 0 aliphatic rings. The van der Waals surface area contributed by atoms with E-state index in [1.807, 2.05) is 12.3 Å². The summed E-state index contributed by atoms with van der Waals surface area (Å²) in [5.74, 6) is 0.0378. The van der Waals surface area contributed by atoms with Crippen molar-refractivity contribution in [3.8, 4) is 0 Å². The summed E-state index contributed by atoms with van der Waals surface area (Å²) in [6, 6.07) is 6.23. The highest BCUT2D eigenvalue weighted by Gasteiger charge is 2.16. The van der Waals surface area contributed by atoms with Gasteiger partial charge in [0.15, 0.2) is 0 Å². The lowest BCUT2D eigenvalue weighted by Gasteiger charge is -2.11. The van der Waals surface area contributed by atoms with Crippen LogP contribution in [0.15, 0.2) is 40.7 Å². The summed E-state index contributed by atoms with van der Waals surface area (Å²) in [6.07, 6.45) is 1.71. The number of nitrogens with two attached hydrogens (primary N) is 1. The van der Waals surface area contributed by atoms with E-state index in [1.54, 1.807) is 18.3 Å². The number of hydrogen-bond donors (Lipinski definition) is 2. The van der Waals surface area contributed by atoms with Crippen molar-refractivity contribution in [1.29, 1.82) is 0 Å². The zero-order valence-electron chi connectivity index (χ0n) is 10.4. The average Bonchev–Trinajstić information content (AvgIpc) is 2.90. The lowest BCUT2D eigenvalue weighted by molar-refractivity contribution is 0.574. The minimum Gasteiger partial charge on any atom is -0.399 e. The molecule has 5 nitrogen and oxygen atoms in total. The number of aromatic nitrogens is 1. The Bertz CT molecular complexity index is 639. The minimum absolute atomic E-state index is 0.0378. The second-order valence-corrected chi connectivity index (χ2v) is 6.89. The first kappa shape index (κ1) is 14.0. The van der Waals surface area contributed by atoms with Crippen molar-refractivity contribution < 1.29 is 8.42 Å². The van der Waals surface area contributed by atoms with E-state index in [9.17, 15) is 8.42 Å². The summed E-state index contributed by atoms with van der Waals surface area (Å²) in [6.45, 7) is 2.24. The van der Waals surface area contributed by atoms with Crippen molar-refractivity contribution in [2.75, 3.05) is 12.3 Å². The molecule has 0 fully saturated rings. The number of nitrogens with one attached hydrogen (secondary N) is 1. The van der Waals surface area contributed by atoms with Gasteiger partial charge in [0.2, 0.25) is 10.0 Å². The van der Waals surface area contributed by atoms with Gasteiger partial charge < -0.3 is 5.73 Å². The first-order valence-electron chi connectivity index (χ1n) is 5.73. The molecule has 1 atom stereocenters. The number of nitrogen functional groups attached to an aromatic ring is 1. The van der Waals surface area contributed by atoms with Crippen LogP contribution in [-0.2, 0) is 10.0 Å². The Kier molecular flexibility index (Phi) is 4.18. The number of thiazole rings is 1. The van der Waals surface area contributed by atoms with E-state index in [2.05, 4.69) is 9.71 Å². The van der Waals surface area contributed by atoms with Gasteiger partial charge in [-0.25, -0.2) is 18.1 Å². The molecule has 0 saturated heterocycles. The standard InChI is InChI=1S/C12H15N3O2S2/c1-9(12-14-5-6-18-12)8-15-19(16,17)11-4-2-3-10(13)7-11/h2-7,9,15H,8,13H2,1H3. The molecule has 2 aromatic rings. The van der Waals surface area contributed by atoms with Gasteiger partial charge in [0, 0.05) is 29.7 Å². The predicted octanol–water partition coefficient (Wildman–Crippen LogP) is 1.81. The summed E-state index contributed by atoms with van der Waals surface area (Å²) in [4.78, 5) is 4.35. The molecule has 1 aromatic carbocycles. The van der Waals surface area contributed by atoms with E-state index in [-0.39, 0.29) is 10.8 Å². The van der Waals surface area contributed by atoms with Crippen LogP contribution in [0.1, 0.15) is 17.8 Å². The Balaban J connectivity index is 2.06. The summed E-state index contributed by atoms with van der Waals surface area (Å²) >= 11 is 1.51. The number of hydrogen-bond acceptors (Lipinski definition) is 5. The molecule has 3 N–H and O–H groups in total. The van der Waals surface area contributed by atoms with E-state index >= 15 is 0 Å². The van der Waals surface area contributed by atoms with Crippen LogP contribution in [0.3, 0.4) is 0 Å². The van der Waals surface area contributed by atoms with Gasteiger partial charge >= 0.3 is 0 Å². The molecule has 2 rings (SSSR count). The quantitative estimate of drug-likeness (QED) is 0.824. The Labute approximate surface area is 116 Å². The van der Waals surface area contributed by atoms with Crippen LogP contribution in [0.2, 0.25) is 0 Å². The van der Waals surface area contributed by atoms with Gasteiger partial charge in [0.05, 0.1) is 9.90 Å². The van der Waals surface area contributed by atoms with Crippen LogP contribution >= 0.6 is 11.3 Å². The molecule has 0 spiro atoms. The Morgan fingerprint density at radius 1 is 1.47 bits per heavy atom. The lowest BCUT2D eigenvalue weighted by atomic mass is 10.2. The Hall–Kier alpha value is -1.44. The smallest absolute Gasteiger partial charge is 0.240 e. The second kappa shape index (κ2) is 5.68. The molecule has 1 heterocycles. The first-order chi connectivity index (χ1) is 8.99. The van der Waals surface area contributed by atoms with E-state index < -0.39 is 10.0 Å². The molecule has 1 aromatic heterocycles. The number of rotatable bonds is 5. The van der Waals surface area contributed by atoms with E-state index in [0.717, 1.165) is 5.01 Å². The molecule has 0 amide bonds. The number of anilines is 1. The summed E-state index contributed by atoms with van der Waals surface area (Å²) in [7, 11) is -3.52. The summed E-state index contributed by atoms with van der Waals surface area (Å²) in [5.41, 5.74) is 6.01. The van der Waals surface area contributed by atoms with Crippen molar-refractivity contribution >= 4 is 27.0 Å². The molecule has 0 bridgehead atoms. The van der Waals surface area contributed by atoms with E-state index in [0.29, 0.717) is 12.2 Å². The van der Waals surface area contributed by atoms with Gasteiger partial charge in [-0.05, 0) is 18.2 Å². The summed E-state index contributed by atoms with van der Waals surface area (Å²) in [5, 5.41) is 2.79. The highest BCUT2D eigenvalue weighted by Crippen LogP contribution is 2.18. The van der Waals surface area contributed by atoms with Crippen molar-refractivity contribution in [1.82, 2.24) is 9.71 Å². The zero-order valence-corrected chi connectivity index (χ0v) is 12.0. The minimum atomic E-state index is -3.52. The molecule has 0 saturated carbocycles. The SMILES string of the molecule is CC(CNS(=O)(=O)c1cccc(N)c1)c1nccs1. The zero-order chi connectivity index (χ0) is 13.9. The fraction of sp³-hybridized carbons (Fsp3) is 0.250. The monoisotopic (exact) mass is 297 g/mol. The normalized spacial score (nSPS) is 13.3. The van der Waals surface area contributed by atoms with Crippen LogP contribution < -0.4 is 10.5 Å². The van der Waals surface area contributed by atoms with E-state index in [1.165, 1.54) is 23.5 Å². The third-order valence-corrected chi connectivity index (χ3v) is 5.05. The molecular formula is C12H15N3O2S2. The van der Waals surface area contributed by atoms with Crippen LogP contribution in [0.4, 0.5) is 5.69 Å². The van der Waals surface area contributed by atoms with Gasteiger partial charge in [-0.15, -0.1) is 11.3 Å². The molecular weight excluding hydrogens is 282 g/mol. The average molecular weight is 297 g/mol. The molecule has 0 radical (unpaired) electrons. The van der Waals surface area contributed by atoms with Gasteiger partial charge in [0.25, 0.3) is 0 Å². The van der Waals surface area contributed by atoms with Crippen molar-refractivity contribution in [2.24, 2.45) is 0 Å². The third kappa shape index (κ3) is 3.52. The Morgan fingerprint density at radius 2 is 2.26 bits per heavy atom. The number of benzene rings is 1. The molecule has 0 aliphatic heterocycles. The topological polar surface area (TPSA) is 85.1 Å². The molecule has 1 unspecified atom stereocenters. The van der Waals surface area contributed by atoms with Gasteiger partial charge in [-0.2, -0.15) is 0 Å². The molecule has 102 valence electrons. The van der Waals surface area contributed by atoms with Crippen molar-refractivity contribution in [3.05, 3.63) is 40.8 Å². The fourth-order valence-corrected chi connectivity index (χ4v) is 3.45. The van der Waals surface area contributed by atoms with E-state index in [4.69, 9.17) is 5.73 Å². The maximum atomic E-state index is 12.1. The van der Waals surface area contributed by atoms with Gasteiger partial charge in [-0.3, -0.25) is 0 Å². The van der Waals surface area contributed by atoms with Crippen molar-refractivity contribution in [2.45, 2.75) is 17.7 Å². The van der Waals surface area contributed by atoms with Crippen LogP contribution in [-0.4, -0.2) is 19.9 Å². The van der Waals surface area contributed by atoms with Crippen LogP contribution in [0, 0.1) is 0 Å². The third-order valence-electron chi connectivity index (χ3n) is 2.62. The maximum absolute atomic E-state index is 12.1. The lowest BCUT2D eigenvalue weighted by Crippen LogP contribution is -2.27. The number of sulfonamides is 1. The number of nitrogens with zero attached hydrogens (tertiary/aromatic N) is 1. The largest absolute Gasteiger partial charge is 0.399 e. The molecule has 19 heavy (non-hydrogen) atoms. The second-order valence-electron chi connectivity index (χ2n) is 4.20. The van der Waals surface area contributed by atoms with Gasteiger partial charge in [-0.1, -0.05) is 13.0 Å². The van der Waals surface area contributed by atoms with Crippen molar-refractivity contribution in [3.63, 3.8) is 0 Å². The predicted molar refractivity (Wildman–Crippen MR) is 76.6 cm³/mol. The van der Waals surface area contributed by atoms with Crippen LogP contribution in [0.25, 0.3) is 0 Å². The Morgan fingerprint density at radius 3 is 2.89 bits per heavy atom. The van der Waals surface area contributed by atoms with Gasteiger partial charge in [0.1, 0.15) is 0 Å². The maximum Gasteiger partial charge on any atom is 0.240 e. The summed E-state index contributed by atoms with van der Waals surface area (Å²) < 4.78 is 26.7.